The molecule has 0 saturated carbocycles. The first kappa shape index (κ1) is 18.6. The molecule has 134 valence electrons. The number of ether oxygens (including phenoxy) is 1. The van der Waals surface area contributed by atoms with Gasteiger partial charge < -0.3 is 15.4 Å². The Kier molecular flexibility index (Phi) is 5.90. The number of halogens is 3. The Morgan fingerprint density at radius 1 is 1.12 bits per heavy atom. The molecule has 0 bridgehead atoms. The third-order valence-corrected chi connectivity index (χ3v) is 3.44. The van der Waals surface area contributed by atoms with Gasteiger partial charge in [-0.3, -0.25) is 0 Å². The van der Waals surface area contributed by atoms with Gasteiger partial charge in [-0.15, -0.1) is 0 Å². The van der Waals surface area contributed by atoms with E-state index in [0.717, 1.165) is 29.0 Å². The number of alkyl halides is 3. The van der Waals surface area contributed by atoms with Crippen molar-refractivity contribution in [2.75, 3.05) is 18.5 Å². The highest BCUT2D eigenvalue weighted by atomic mass is 19.4. The zero-order chi connectivity index (χ0) is 18.4. The number of benzene rings is 2. The van der Waals surface area contributed by atoms with Crippen molar-refractivity contribution in [1.29, 1.82) is 0 Å². The molecule has 0 heterocycles. The van der Waals surface area contributed by atoms with Gasteiger partial charge in [0.15, 0.2) is 0 Å². The number of carbonyl (C=O) groups excluding carboxylic acids is 1. The summed E-state index contributed by atoms with van der Waals surface area (Å²) in [5.41, 5.74) is 1.31. The average Bonchev–Trinajstić information content (AvgIpc) is 2.54. The van der Waals surface area contributed by atoms with E-state index in [4.69, 9.17) is 4.74 Å². The Hall–Kier alpha value is -2.70. The molecular weight excluding hydrogens is 333 g/mol. The number of amides is 2. The van der Waals surface area contributed by atoms with Crippen molar-refractivity contribution in [3.8, 4) is 5.75 Å². The lowest BCUT2D eigenvalue weighted by molar-refractivity contribution is -0.137. The molecule has 7 heteroatoms. The molecule has 2 amide bonds. The fraction of sp³-hybridized carbons (Fsp3) is 0.278. The molecule has 0 atom stereocenters. The van der Waals surface area contributed by atoms with Crippen LogP contribution in [-0.2, 0) is 6.18 Å². The zero-order valence-electron chi connectivity index (χ0n) is 13.9. The van der Waals surface area contributed by atoms with Gasteiger partial charge in [-0.1, -0.05) is 18.2 Å². The summed E-state index contributed by atoms with van der Waals surface area (Å²) < 4.78 is 43.5. The molecule has 2 rings (SSSR count). The number of rotatable bonds is 5. The first-order valence-corrected chi connectivity index (χ1v) is 7.68. The van der Waals surface area contributed by atoms with E-state index in [0.29, 0.717) is 0 Å². The van der Waals surface area contributed by atoms with Gasteiger partial charge in [0.1, 0.15) is 12.4 Å². The number of aryl methyl sites for hydroxylation is 2. The lowest BCUT2D eigenvalue weighted by Crippen LogP contribution is -2.32. The molecule has 4 nitrogen and oxygen atoms in total. The minimum Gasteiger partial charge on any atom is -0.491 e. The van der Waals surface area contributed by atoms with Crippen LogP contribution in [0.25, 0.3) is 0 Å². The van der Waals surface area contributed by atoms with Gasteiger partial charge in [-0.05, 0) is 49.2 Å². The fourth-order valence-electron chi connectivity index (χ4n) is 2.14. The number of carbonyl (C=O) groups is 1. The Labute approximate surface area is 144 Å². The quantitative estimate of drug-likeness (QED) is 0.777. The third-order valence-electron chi connectivity index (χ3n) is 3.44. The summed E-state index contributed by atoms with van der Waals surface area (Å²) in [5, 5.41) is 4.91. The molecule has 0 fully saturated rings. The Morgan fingerprint density at radius 2 is 1.88 bits per heavy atom. The summed E-state index contributed by atoms with van der Waals surface area (Å²) in [6.45, 7) is 4.34. The van der Waals surface area contributed by atoms with Crippen LogP contribution in [0.5, 0.6) is 5.75 Å². The Bertz CT molecular complexity index is 745. The molecule has 0 aliphatic heterocycles. The van der Waals surface area contributed by atoms with Crippen LogP contribution >= 0.6 is 0 Å². The summed E-state index contributed by atoms with van der Waals surface area (Å²) in [6.07, 6.45) is -4.45. The van der Waals surface area contributed by atoms with Gasteiger partial charge in [0, 0.05) is 5.69 Å². The molecule has 0 saturated heterocycles. The van der Waals surface area contributed by atoms with Crippen molar-refractivity contribution in [2.24, 2.45) is 0 Å². The molecule has 2 aromatic rings. The minimum atomic E-state index is -4.45. The number of hydrogen-bond acceptors (Lipinski definition) is 2. The van der Waals surface area contributed by atoms with Crippen LogP contribution in [0, 0.1) is 13.8 Å². The number of nitrogens with one attached hydrogen (secondary N) is 2. The molecule has 0 radical (unpaired) electrons. The fourth-order valence-corrected chi connectivity index (χ4v) is 2.14. The summed E-state index contributed by atoms with van der Waals surface area (Å²) in [4.78, 5) is 11.7. The smallest absolute Gasteiger partial charge is 0.416 e. The van der Waals surface area contributed by atoms with Gasteiger partial charge in [-0.25, -0.2) is 4.79 Å². The highest BCUT2D eigenvalue weighted by Gasteiger charge is 2.30. The molecule has 0 spiro atoms. The van der Waals surface area contributed by atoms with Crippen molar-refractivity contribution in [1.82, 2.24) is 5.32 Å². The summed E-state index contributed by atoms with van der Waals surface area (Å²) in [6, 6.07) is 9.68. The van der Waals surface area contributed by atoms with Gasteiger partial charge in [0.25, 0.3) is 0 Å². The predicted molar refractivity (Wildman–Crippen MR) is 89.9 cm³/mol. The minimum absolute atomic E-state index is 0.0720. The molecule has 0 aromatic heterocycles. The molecule has 2 aromatic carbocycles. The predicted octanol–water partition coefficient (Wildman–Crippen LogP) is 4.52. The van der Waals surface area contributed by atoms with E-state index in [9.17, 15) is 18.0 Å². The first-order chi connectivity index (χ1) is 11.8. The van der Waals surface area contributed by atoms with Crippen LogP contribution < -0.4 is 15.4 Å². The average molecular weight is 352 g/mol. The van der Waals surface area contributed by atoms with Crippen molar-refractivity contribution in [3.05, 3.63) is 59.2 Å². The number of hydrogen-bond donors (Lipinski definition) is 2. The molecule has 0 aliphatic carbocycles. The third kappa shape index (κ3) is 5.70. The van der Waals surface area contributed by atoms with Crippen LogP contribution in [0.1, 0.15) is 16.7 Å². The van der Waals surface area contributed by atoms with E-state index in [1.807, 2.05) is 32.0 Å². The van der Waals surface area contributed by atoms with E-state index in [2.05, 4.69) is 10.6 Å². The van der Waals surface area contributed by atoms with Crippen molar-refractivity contribution < 1.29 is 22.7 Å². The van der Waals surface area contributed by atoms with Crippen molar-refractivity contribution in [2.45, 2.75) is 20.0 Å². The second kappa shape index (κ2) is 7.92. The lowest BCUT2D eigenvalue weighted by Gasteiger charge is -2.12. The molecular formula is C18H19F3N2O2. The zero-order valence-corrected chi connectivity index (χ0v) is 13.9. The summed E-state index contributed by atoms with van der Waals surface area (Å²) in [7, 11) is 0. The topological polar surface area (TPSA) is 50.4 Å². The van der Waals surface area contributed by atoms with Crippen LogP contribution in [-0.4, -0.2) is 19.2 Å². The van der Waals surface area contributed by atoms with Gasteiger partial charge >= 0.3 is 12.2 Å². The van der Waals surface area contributed by atoms with E-state index in [-0.39, 0.29) is 18.8 Å². The van der Waals surface area contributed by atoms with Crippen LogP contribution in [0.15, 0.2) is 42.5 Å². The van der Waals surface area contributed by atoms with Gasteiger partial charge in [0.05, 0.1) is 12.1 Å². The first-order valence-electron chi connectivity index (χ1n) is 7.68. The Morgan fingerprint density at radius 3 is 2.60 bits per heavy atom. The normalized spacial score (nSPS) is 11.1. The highest BCUT2D eigenvalue weighted by molar-refractivity contribution is 5.89. The molecule has 0 aliphatic rings. The van der Waals surface area contributed by atoms with Gasteiger partial charge in [-0.2, -0.15) is 13.2 Å². The monoisotopic (exact) mass is 352 g/mol. The maximum absolute atomic E-state index is 12.6. The Balaban J connectivity index is 1.80. The maximum Gasteiger partial charge on any atom is 0.416 e. The number of anilines is 1. The molecule has 25 heavy (non-hydrogen) atoms. The second-order valence-corrected chi connectivity index (χ2v) is 5.58. The second-order valence-electron chi connectivity index (χ2n) is 5.58. The molecule has 2 N–H and O–H groups in total. The SMILES string of the molecule is Cc1ccc(C)c(OCCNC(=O)Nc2cccc(C(F)(F)F)c2)c1. The highest BCUT2D eigenvalue weighted by Crippen LogP contribution is 2.30. The maximum atomic E-state index is 12.6. The largest absolute Gasteiger partial charge is 0.491 e. The van der Waals surface area contributed by atoms with E-state index in [1.54, 1.807) is 0 Å². The van der Waals surface area contributed by atoms with E-state index >= 15 is 0 Å². The van der Waals surface area contributed by atoms with Gasteiger partial charge in [0.2, 0.25) is 0 Å². The van der Waals surface area contributed by atoms with E-state index < -0.39 is 17.8 Å². The van der Waals surface area contributed by atoms with Crippen LogP contribution in [0.4, 0.5) is 23.7 Å². The summed E-state index contributed by atoms with van der Waals surface area (Å²) in [5.74, 6) is 0.736. The van der Waals surface area contributed by atoms with E-state index in [1.165, 1.54) is 12.1 Å². The van der Waals surface area contributed by atoms with Crippen molar-refractivity contribution >= 4 is 11.7 Å². The summed E-state index contributed by atoms with van der Waals surface area (Å²) >= 11 is 0. The number of urea groups is 1. The molecule has 0 unspecified atom stereocenters. The lowest BCUT2D eigenvalue weighted by atomic mass is 10.1. The van der Waals surface area contributed by atoms with Crippen LogP contribution in [0.2, 0.25) is 0 Å². The van der Waals surface area contributed by atoms with Crippen molar-refractivity contribution in [3.63, 3.8) is 0 Å². The van der Waals surface area contributed by atoms with Crippen LogP contribution in [0.3, 0.4) is 0 Å². The standard InChI is InChI=1S/C18H19F3N2O2/c1-12-6-7-13(2)16(10-12)25-9-8-22-17(24)23-15-5-3-4-14(11-15)18(19,20)21/h3-7,10-11H,8-9H2,1-2H3,(H2,22,23,24).